The van der Waals surface area contributed by atoms with Crippen LogP contribution in [-0.2, 0) is 15.7 Å². The van der Waals surface area contributed by atoms with Crippen LogP contribution in [0.3, 0.4) is 0 Å². The fourth-order valence-corrected chi connectivity index (χ4v) is 3.37. The molecule has 0 spiro atoms. The number of nitrogens with one attached hydrogen (secondary N) is 1. The van der Waals surface area contributed by atoms with E-state index >= 15 is 0 Å². The van der Waals surface area contributed by atoms with Gasteiger partial charge < -0.3 is 20.7 Å². The van der Waals surface area contributed by atoms with E-state index in [2.05, 4.69) is 15.3 Å². The summed E-state index contributed by atoms with van der Waals surface area (Å²) in [6.07, 6.45) is -3.29. The second kappa shape index (κ2) is 9.19. The molecule has 3 N–H and O–H groups in total. The number of anilines is 3. The maximum absolute atomic E-state index is 13.1. The van der Waals surface area contributed by atoms with Crippen molar-refractivity contribution < 1.29 is 22.7 Å². The first-order valence-corrected chi connectivity index (χ1v) is 9.75. The van der Waals surface area contributed by atoms with Crippen LogP contribution in [0.2, 0.25) is 0 Å². The fourth-order valence-electron chi connectivity index (χ4n) is 2.74. The predicted molar refractivity (Wildman–Crippen MR) is 105 cm³/mol. The molecule has 30 heavy (non-hydrogen) atoms. The van der Waals surface area contributed by atoms with E-state index < -0.39 is 17.6 Å². The minimum Gasteiger partial charge on any atom is -0.382 e. The lowest BCUT2D eigenvalue weighted by atomic mass is 10.1. The van der Waals surface area contributed by atoms with Crippen LogP contribution in [-0.4, -0.2) is 47.9 Å². The van der Waals surface area contributed by atoms with E-state index in [4.69, 9.17) is 15.7 Å². The van der Waals surface area contributed by atoms with Gasteiger partial charge in [0.25, 0.3) is 0 Å². The molecule has 0 unspecified atom stereocenters. The largest absolute Gasteiger partial charge is 0.416 e. The smallest absolute Gasteiger partial charge is 0.382 e. The van der Waals surface area contributed by atoms with Crippen molar-refractivity contribution in [2.75, 3.05) is 48.0 Å². The van der Waals surface area contributed by atoms with Gasteiger partial charge in [-0.25, -0.2) is 9.97 Å². The highest BCUT2D eigenvalue weighted by molar-refractivity contribution is 7.99. The molecule has 1 saturated heterocycles. The Bertz CT molecular complexity index is 973. The number of hydrogen-bond acceptors (Lipinski definition) is 8. The Balaban J connectivity index is 1.75. The molecule has 1 fully saturated rings. The van der Waals surface area contributed by atoms with E-state index in [9.17, 15) is 18.0 Å². The van der Waals surface area contributed by atoms with Crippen LogP contribution in [0.5, 0.6) is 0 Å². The van der Waals surface area contributed by atoms with Gasteiger partial charge in [-0.15, -0.1) is 0 Å². The quantitative estimate of drug-likeness (QED) is 0.540. The van der Waals surface area contributed by atoms with Gasteiger partial charge in [0.2, 0.25) is 5.91 Å². The van der Waals surface area contributed by atoms with Crippen LogP contribution >= 0.6 is 11.8 Å². The summed E-state index contributed by atoms with van der Waals surface area (Å²) in [5, 5.41) is 11.6. The minimum atomic E-state index is -4.54. The lowest BCUT2D eigenvalue weighted by molar-refractivity contribution is -0.137. The maximum atomic E-state index is 13.1. The molecule has 0 bridgehead atoms. The normalized spacial score (nSPS) is 14.3. The van der Waals surface area contributed by atoms with E-state index in [1.807, 2.05) is 11.0 Å². The van der Waals surface area contributed by atoms with E-state index in [1.54, 1.807) is 0 Å². The van der Waals surface area contributed by atoms with Crippen molar-refractivity contribution in [2.45, 2.75) is 11.3 Å². The zero-order chi connectivity index (χ0) is 21.7. The van der Waals surface area contributed by atoms with Gasteiger partial charge in [0.15, 0.2) is 5.16 Å². The Morgan fingerprint density at radius 1 is 1.37 bits per heavy atom. The van der Waals surface area contributed by atoms with Crippen molar-refractivity contribution in [1.29, 1.82) is 5.26 Å². The number of aromatic nitrogens is 2. The monoisotopic (exact) mass is 438 g/mol. The predicted octanol–water partition coefficient (Wildman–Crippen LogP) is 2.52. The van der Waals surface area contributed by atoms with Gasteiger partial charge in [0, 0.05) is 13.1 Å². The van der Waals surface area contributed by atoms with E-state index in [0.29, 0.717) is 32.0 Å². The molecule has 1 aliphatic rings. The van der Waals surface area contributed by atoms with Crippen LogP contribution in [0.4, 0.5) is 30.4 Å². The number of nitrogens with two attached hydrogens (primary N) is 1. The van der Waals surface area contributed by atoms with Crippen LogP contribution in [0, 0.1) is 11.3 Å². The van der Waals surface area contributed by atoms with Crippen molar-refractivity contribution >= 4 is 34.9 Å². The molecular weight excluding hydrogens is 421 g/mol. The molecule has 158 valence electrons. The first-order valence-electron chi connectivity index (χ1n) is 8.77. The zero-order valence-corrected chi connectivity index (χ0v) is 16.4. The van der Waals surface area contributed by atoms with Crippen LogP contribution < -0.4 is 16.0 Å². The van der Waals surface area contributed by atoms with Gasteiger partial charge in [0.1, 0.15) is 17.5 Å². The van der Waals surface area contributed by atoms with E-state index in [0.717, 1.165) is 23.9 Å². The highest BCUT2D eigenvalue weighted by Crippen LogP contribution is 2.36. The molecule has 1 aromatic carbocycles. The fraction of sp³-hybridized carbons (Fsp3) is 0.333. The number of alkyl halides is 3. The molecule has 1 aliphatic heterocycles. The number of halogens is 3. The SMILES string of the molecule is N#Cc1cnc(SCC(=O)Nc2cc(C(F)(F)F)ccc2N2CCOCC2)nc1N. The van der Waals surface area contributed by atoms with Crippen molar-refractivity contribution in [3.05, 3.63) is 35.5 Å². The van der Waals surface area contributed by atoms with Crippen molar-refractivity contribution in [2.24, 2.45) is 0 Å². The molecule has 3 rings (SSSR count). The number of carbonyl (C=O) groups excluding carboxylic acids is 1. The summed E-state index contributed by atoms with van der Waals surface area (Å²) in [4.78, 5) is 22.1. The average molecular weight is 438 g/mol. The van der Waals surface area contributed by atoms with Gasteiger partial charge in [-0.1, -0.05) is 11.8 Å². The van der Waals surface area contributed by atoms with Gasteiger partial charge in [-0.05, 0) is 18.2 Å². The molecule has 0 atom stereocenters. The van der Waals surface area contributed by atoms with Crippen molar-refractivity contribution in [1.82, 2.24) is 9.97 Å². The van der Waals surface area contributed by atoms with Gasteiger partial charge in [-0.3, -0.25) is 4.79 Å². The number of rotatable bonds is 5. The number of ether oxygens (including phenoxy) is 1. The second-order valence-corrected chi connectivity index (χ2v) is 7.17. The zero-order valence-electron chi connectivity index (χ0n) is 15.6. The first-order chi connectivity index (χ1) is 14.3. The summed E-state index contributed by atoms with van der Waals surface area (Å²) < 4.78 is 44.7. The van der Waals surface area contributed by atoms with Gasteiger partial charge in [0.05, 0.1) is 42.1 Å². The Kier molecular flexibility index (Phi) is 6.63. The molecule has 1 amide bonds. The molecule has 0 saturated carbocycles. The Morgan fingerprint density at radius 2 is 2.10 bits per heavy atom. The maximum Gasteiger partial charge on any atom is 0.416 e. The number of benzene rings is 1. The van der Waals surface area contributed by atoms with Crippen LogP contribution in [0.15, 0.2) is 29.6 Å². The Hall–Kier alpha value is -3.04. The third kappa shape index (κ3) is 5.31. The lowest BCUT2D eigenvalue weighted by Crippen LogP contribution is -2.37. The van der Waals surface area contributed by atoms with Gasteiger partial charge in [-0.2, -0.15) is 18.4 Å². The molecule has 2 heterocycles. The first kappa shape index (κ1) is 21.7. The summed E-state index contributed by atoms with van der Waals surface area (Å²) >= 11 is 0.953. The standard InChI is InChI=1S/C18H17F3N6O2S/c19-18(20,21)12-1-2-14(27-3-5-29-6-4-27)13(7-12)25-15(28)10-30-17-24-9-11(8-22)16(23)26-17/h1-2,7,9H,3-6,10H2,(H,25,28)(H2,23,24,26). The molecule has 8 nitrogen and oxygen atoms in total. The highest BCUT2D eigenvalue weighted by atomic mass is 32.2. The molecular formula is C18H17F3N6O2S. The molecule has 12 heteroatoms. The summed E-state index contributed by atoms with van der Waals surface area (Å²) in [7, 11) is 0. The number of morpholine rings is 1. The van der Waals surface area contributed by atoms with Crippen molar-refractivity contribution in [3.63, 3.8) is 0 Å². The third-order valence-corrected chi connectivity index (χ3v) is 5.06. The number of amides is 1. The summed E-state index contributed by atoms with van der Waals surface area (Å²) in [6, 6.07) is 5.09. The Morgan fingerprint density at radius 3 is 2.73 bits per heavy atom. The second-order valence-electron chi connectivity index (χ2n) is 6.23. The number of nitrogen functional groups attached to an aromatic ring is 1. The molecule has 2 aromatic rings. The third-order valence-electron chi connectivity index (χ3n) is 4.20. The summed E-state index contributed by atoms with van der Waals surface area (Å²) in [5.74, 6) is -0.687. The van der Waals surface area contributed by atoms with E-state index in [-0.39, 0.29) is 28.0 Å². The number of nitrogens with zero attached hydrogens (tertiary/aromatic N) is 4. The molecule has 0 aliphatic carbocycles. The minimum absolute atomic E-state index is 0.0112. The summed E-state index contributed by atoms with van der Waals surface area (Å²) in [6.45, 7) is 1.89. The highest BCUT2D eigenvalue weighted by Gasteiger charge is 2.32. The molecule has 1 aromatic heterocycles. The van der Waals surface area contributed by atoms with Crippen LogP contribution in [0.25, 0.3) is 0 Å². The van der Waals surface area contributed by atoms with Crippen LogP contribution in [0.1, 0.15) is 11.1 Å². The molecule has 0 radical (unpaired) electrons. The summed E-state index contributed by atoms with van der Waals surface area (Å²) in [5.41, 5.74) is 5.43. The van der Waals surface area contributed by atoms with E-state index in [1.165, 1.54) is 12.3 Å². The number of thioether (sulfide) groups is 1. The van der Waals surface area contributed by atoms with Crippen molar-refractivity contribution in [3.8, 4) is 6.07 Å². The number of hydrogen-bond donors (Lipinski definition) is 2. The Labute approximate surface area is 174 Å². The topological polar surface area (TPSA) is 117 Å². The number of nitriles is 1. The number of carbonyl (C=O) groups is 1. The lowest BCUT2D eigenvalue weighted by Gasteiger charge is -2.31. The average Bonchev–Trinajstić information content (AvgIpc) is 2.72. The van der Waals surface area contributed by atoms with Gasteiger partial charge >= 0.3 is 6.18 Å².